The Bertz CT molecular complexity index is 2710. The first-order chi connectivity index (χ1) is 56.8. The Morgan fingerprint density at radius 3 is 1.06 bits per heavy atom. The Hall–Kier alpha value is -3.05. The number of allylic oxidation sites excluding steroid dienone is 1. The summed E-state index contributed by atoms with van der Waals surface area (Å²) in [7, 11) is 0. The molecule has 6 heterocycles. The highest BCUT2D eigenvalue weighted by atomic mass is 16.8. The molecule has 6 fully saturated rings. The van der Waals surface area contributed by atoms with Gasteiger partial charge in [-0.15, -0.1) is 0 Å². The molecule has 3 amide bonds. The first kappa shape index (κ1) is 104. The lowest BCUT2D eigenvalue weighted by Crippen LogP contribution is -2.71. The number of unbranched alkanes of at least 4 members (excludes halogenated alkanes) is 31. The van der Waals surface area contributed by atoms with Crippen LogP contribution in [0, 0.1) is 0 Å². The number of carbonyl (C=O) groups excluding carboxylic acids is 3. The van der Waals surface area contributed by atoms with Crippen molar-refractivity contribution < 1.29 is 163 Å². The molecular formula is C82H149N3O33. The number of aliphatic hydroxyl groups is 18. The normalized spacial score (nSPS) is 35.9. The fraction of sp³-hybridized carbons (Fsp3) is 0.939. The Kier molecular flexibility index (Phi) is 50.0. The number of rotatable bonds is 58. The first-order valence-electron chi connectivity index (χ1n) is 44.0. The van der Waals surface area contributed by atoms with Crippen molar-refractivity contribution in [3.63, 3.8) is 0 Å². The summed E-state index contributed by atoms with van der Waals surface area (Å²) in [6, 6.07) is -4.66. The standard InChI is InChI=1S/C82H149N3O33/c1-5-7-9-11-13-15-17-19-20-21-22-23-24-25-26-28-30-32-34-36-38-40-58(95)85-50(51(94)39-37-35-33-31-29-27-18-16-14-12-10-8-6-2)47-107-79-69(104)67(102)73(57(46-91)113-79)115-82-70(105)75(63(98)54(43-88)111-82)117-77-59(83-48(3)92)65(100)72(56(45-90)112-77)114-81-71(106)76(64(99)55(44-89)110-81)118-78-60(84-49(4)93)74(62(97)53(42-87)108-78)116-80-68(103)66(101)61(96)52(41-86)109-80/h37,39,50-57,59-82,86-91,94,96-106H,5-36,38,40-47H2,1-4H3,(H,83,92)(H,84,93)(H,85,95)/b39-37+/t50-,51+,52?,53?,54?,55?,56?,57?,59?,60?,61-,62+,63-,64-,65+,66-,67+,68?,69?,70?,71?,72+,73+,74+,75-,76-,77-,78-,79+,80-,81-,82-/m0/s1. The molecule has 0 aromatic heterocycles. The number of carbonyl (C=O) groups is 3. The van der Waals surface area contributed by atoms with Crippen LogP contribution in [0.15, 0.2) is 12.2 Å². The van der Waals surface area contributed by atoms with Gasteiger partial charge < -0.3 is 165 Å². The van der Waals surface area contributed by atoms with E-state index < -0.39 is 254 Å². The Morgan fingerprint density at radius 1 is 0.331 bits per heavy atom. The van der Waals surface area contributed by atoms with Gasteiger partial charge in [-0.05, 0) is 19.3 Å². The van der Waals surface area contributed by atoms with Crippen LogP contribution in [0.25, 0.3) is 0 Å². The van der Waals surface area contributed by atoms with Crippen molar-refractivity contribution in [1.82, 2.24) is 16.0 Å². The average molecular weight is 1710 g/mol. The largest absolute Gasteiger partial charge is 0.394 e. The van der Waals surface area contributed by atoms with Gasteiger partial charge in [0.15, 0.2) is 37.7 Å². The SMILES string of the molecule is CCCCCCCCCCCCC/C=C/[C@@H](O)[C@H](CO[C@@H]1OC(CO)[C@@H](O[C@@H]2OC(CO)[C@H](O)[C@H](O[C@@H]3OC(CO)[C@@H](O[C@@H]4OC(CO)[C@H](O)[C@H](O[C@@H]5OC(CO)[C@@H](O)[C@H](O[C@@H]6OC(CO)[C@H](O)[C@H](O)C6O)C5NC(C)=O)C4O)[C@H](O)C3NC(C)=O)C2O)[C@H](O)C1O)NC(=O)CCCCCCCCCCCCCCCCCCCCCCC. The summed E-state index contributed by atoms with van der Waals surface area (Å²) in [5.74, 6) is -2.05. The van der Waals surface area contributed by atoms with E-state index in [1.54, 1.807) is 6.08 Å². The highest BCUT2D eigenvalue weighted by molar-refractivity contribution is 5.76. The van der Waals surface area contributed by atoms with Crippen molar-refractivity contribution in [3.8, 4) is 0 Å². The van der Waals surface area contributed by atoms with Crippen LogP contribution in [0.2, 0.25) is 0 Å². The Balaban J connectivity index is 1.07. The van der Waals surface area contributed by atoms with E-state index in [2.05, 4.69) is 29.8 Å². The van der Waals surface area contributed by atoms with Gasteiger partial charge in [-0.25, -0.2) is 0 Å². The minimum absolute atomic E-state index is 0.176. The number of hydrogen-bond donors (Lipinski definition) is 21. The molecule has 0 aliphatic carbocycles. The van der Waals surface area contributed by atoms with Gasteiger partial charge in [-0.3, -0.25) is 14.4 Å². The van der Waals surface area contributed by atoms with Crippen LogP contribution in [-0.4, -0.2) is 352 Å². The molecule has 690 valence electrons. The second kappa shape index (κ2) is 56.8. The van der Waals surface area contributed by atoms with Crippen LogP contribution in [-0.2, 0) is 71.2 Å². The molecule has 118 heavy (non-hydrogen) atoms. The van der Waals surface area contributed by atoms with E-state index in [-0.39, 0.29) is 12.3 Å². The van der Waals surface area contributed by atoms with Crippen LogP contribution in [0.1, 0.15) is 246 Å². The molecule has 36 heteroatoms. The molecule has 36 nitrogen and oxygen atoms in total. The average Bonchev–Trinajstić information content (AvgIpc) is 0.767. The highest BCUT2D eigenvalue weighted by Crippen LogP contribution is 2.38. The van der Waals surface area contributed by atoms with E-state index >= 15 is 0 Å². The fourth-order valence-electron chi connectivity index (χ4n) is 16.2. The van der Waals surface area contributed by atoms with Gasteiger partial charge in [0.2, 0.25) is 17.7 Å². The molecule has 6 rings (SSSR count). The molecule has 0 spiro atoms. The molecule has 32 atom stereocenters. The van der Waals surface area contributed by atoms with E-state index in [1.807, 2.05) is 6.08 Å². The zero-order valence-corrected chi connectivity index (χ0v) is 69.8. The van der Waals surface area contributed by atoms with E-state index in [0.717, 1.165) is 65.2 Å². The lowest BCUT2D eigenvalue weighted by molar-refractivity contribution is -0.387. The lowest BCUT2D eigenvalue weighted by Gasteiger charge is -2.51. The Morgan fingerprint density at radius 2 is 0.644 bits per heavy atom. The minimum Gasteiger partial charge on any atom is -0.394 e. The number of amides is 3. The smallest absolute Gasteiger partial charge is 0.220 e. The van der Waals surface area contributed by atoms with Crippen LogP contribution >= 0.6 is 0 Å². The molecule has 0 aromatic rings. The third-order valence-electron chi connectivity index (χ3n) is 23.2. The molecular weight excluding hydrogens is 1550 g/mol. The number of ether oxygens (including phenoxy) is 12. The highest BCUT2D eigenvalue weighted by Gasteiger charge is 2.59. The van der Waals surface area contributed by atoms with Gasteiger partial charge >= 0.3 is 0 Å². The van der Waals surface area contributed by atoms with Crippen LogP contribution in [0.5, 0.6) is 0 Å². The molecule has 0 radical (unpaired) electrons. The zero-order valence-electron chi connectivity index (χ0n) is 69.8. The topological polar surface area (TPSA) is 562 Å². The summed E-state index contributed by atoms with van der Waals surface area (Å²) in [5, 5.41) is 208. The molecule has 12 unspecified atom stereocenters. The minimum atomic E-state index is -2.26. The van der Waals surface area contributed by atoms with Crippen molar-refractivity contribution in [3.05, 3.63) is 12.2 Å². The van der Waals surface area contributed by atoms with Crippen molar-refractivity contribution in [2.24, 2.45) is 0 Å². The van der Waals surface area contributed by atoms with E-state index in [9.17, 15) is 106 Å². The predicted molar refractivity (Wildman–Crippen MR) is 421 cm³/mol. The summed E-state index contributed by atoms with van der Waals surface area (Å²) < 4.78 is 71.1. The quantitative estimate of drug-likeness (QED) is 0.0280. The molecule has 6 saturated heterocycles. The molecule has 6 aliphatic heterocycles. The summed E-state index contributed by atoms with van der Waals surface area (Å²) in [6.45, 7) is 0.0701. The third-order valence-corrected chi connectivity index (χ3v) is 23.2. The van der Waals surface area contributed by atoms with Crippen molar-refractivity contribution in [2.45, 2.75) is 442 Å². The van der Waals surface area contributed by atoms with E-state index in [1.165, 1.54) is 148 Å². The van der Waals surface area contributed by atoms with Crippen molar-refractivity contribution >= 4 is 17.7 Å². The maximum absolute atomic E-state index is 13.6. The third kappa shape index (κ3) is 32.7. The number of aliphatic hydroxyl groups excluding tert-OH is 18. The number of hydrogen-bond acceptors (Lipinski definition) is 33. The summed E-state index contributed by atoms with van der Waals surface area (Å²) >= 11 is 0. The summed E-state index contributed by atoms with van der Waals surface area (Å²) in [6.07, 6.45) is -12.5. The monoisotopic (exact) mass is 1700 g/mol. The molecule has 0 bridgehead atoms. The number of nitrogens with one attached hydrogen (secondary N) is 3. The van der Waals surface area contributed by atoms with Crippen LogP contribution in [0.4, 0.5) is 0 Å². The molecule has 0 aromatic carbocycles. The first-order valence-corrected chi connectivity index (χ1v) is 44.0. The van der Waals surface area contributed by atoms with Gasteiger partial charge in [0.05, 0.1) is 58.4 Å². The van der Waals surface area contributed by atoms with Crippen LogP contribution in [0.3, 0.4) is 0 Å². The second-order valence-corrected chi connectivity index (χ2v) is 32.8. The van der Waals surface area contributed by atoms with Gasteiger partial charge in [0.1, 0.15) is 146 Å². The summed E-state index contributed by atoms with van der Waals surface area (Å²) in [5.41, 5.74) is 0. The Labute approximate surface area is 694 Å². The fourth-order valence-corrected chi connectivity index (χ4v) is 16.2. The van der Waals surface area contributed by atoms with Gasteiger partial charge in [-0.1, -0.05) is 219 Å². The predicted octanol–water partition coefficient (Wildman–Crippen LogP) is -0.0834. The maximum Gasteiger partial charge on any atom is 0.220 e. The molecule has 21 N–H and O–H groups in total. The molecule has 6 aliphatic rings. The van der Waals surface area contributed by atoms with Gasteiger partial charge in [0.25, 0.3) is 0 Å². The van der Waals surface area contributed by atoms with Crippen molar-refractivity contribution in [1.29, 1.82) is 0 Å². The maximum atomic E-state index is 13.6. The van der Waals surface area contributed by atoms with E-state index in [0.29, 0.717) is 12.8 Å². The van der Waals surface area contributed by atoms with E-state index in [4.69, 9.17) is 56.8 Å². The summed E-state index contributed by atoms with van der Waals surface area (Å²) in [4.78, 5) is 39.4. The van der Waals surface area contributed by atoms with Crippen LogP contribution < -0.4 is 16.0 Å². The molecule has 0 saturated carbocycles. The van der Waals surface area contributed by atoms with Crippen molar-refractivity contribution in [2.75, 3.05) is 46.2 Å². The van der Waals surface area contributed by atoms with Gasteiger partial charge in [-0.2, -0.15) is 0 Å². The zero-order chi connectivity index (χ0) is 86.2. The second-order valence-electron chi connectivity index (χ2n) is 32.8. The van der Waals surface area contributed by atoms with Gasteiger partial charge in [0, 0.05) is 20.3 Å². The lowest BCUT2D eigenvalue weighted by atomic mass is 9.93.